The molecule has 1 aromatic rings. The third kappa shape index (κ3) is 2.88. The number of H-pyrrole nitrogens is 1. The summed E-state index contributed by atoms with van der Waals surface area (Å²) in [5, 5.41) is 8.53. The van der Waals surface area contributed by atoms with Crippen molar-refractivity contribution >= 4 is 0 Å². The maximum atomic E-state index is 8.53. The number of nitrogens with zero attached hydrogens (tertiary/aromatic N) is 2. The molecule has 0 aliphatic carbocycles. The molecule has 0 bridgehead atoms. The SMILES string of the molecule is COCCC[n+]1cc[nH]c1CC#N. The molecule has 0 saturated heterocycles. The summed E-state index contributed by atoms with van der Waals surface area (Å²) in [6.07, 6.45) is 5.19. The van der Waals surface area contributed by atoms with Crippen LogP contribution in [0.25, 0.3) is 0 Å². The molecule has 0 atom stereocenters. The fourth-order valence-corrected chi connectivity index (χ4v) is 1.21. The number of ether oxygens (including phenoxy) is 1. The highest BCUT2D eigenvalue weighted by atomic mass is 16.5. The van der Waals surface area contributed by atoms with E-state index in [1.54, 1.807) is 7.11 Å². The van der Waals surface area contributed by atoms with Gasteiger partial charge in [0.05, 0.1) is 12.6 Å². The molecule has 1 N–H and O–H groups in total. The summed E-state index contributed by atoms with van der Waals surface area (Å²) in [5.41, 5.74) is 0. The molecule has 4 nitrogen and oxygen atoms in total. The second-order valence-corrected chi connectivity index (χ2v) is 2.78. The second-order valence-electron chi connectivity index (χ2n) is 2.78. The Balaban J connectivity index is 2.46. The van der Waals surface area contributed by atoms with Crippen LogP contribution in [-0.4, -0.2) is 18.7 Å². The lowest BCUT2D eigenvalue weighted by Crippen LogP contribution is -2.36. The van der Waals surface area contributed by atoms with Gasteiger partial charge in [-0.3, -0.25) is 0 Å². The van der Waals surface area contributed by atoms with Gasteiger partial charge in [0.1, 0.15) is 18.8 Å². The van der Waals surface area contributed by atoms with Crippen molar-refractivity contribution in [3.8, 4) is 6.07 Å². The fourth-order valence-electron chi connectivity index (χ4n) is 1.21. The molecule has 0 amide bonds. The van der Waals surface area contributed by atoms with E-state index in [2.05, 4.69) is 11.1 Å². The molecule has 70 valence electrons. The topological polar surface area (TPSA) is 52.7 Å². The molecule has 13 heavy (non-hydrogen) atoms. The highest BCUT2D eigenvalue weighted by Crippen LogP contribution is 1.89. The van der Waals surface area contributed by atoms with Crippen molar-refractivity contribution in [3.63, 3.8) is 0 Å². The van der Waals surface area contributed by atoms with E-state index in [1.165, 1.54) is 0 Å². The van der Waals surface area contributed by atoms with Gasteiger partial charge in [-0.15, -0.1) is 0 Å². The minimum atomic E-state index is 0.431. The second kappa shape index (κ2) is 5.33. The Morgan fingerprint density at radius 3 is 3.23 bits per heavy atom. The first-order valence-electron chi connectivity index (χ1n) is 4.30. The van der Waals surface area contributed by atoms with Crippen LogP contribution in [-0.2, 0) is 17.7 Å². The van der Waals surface area contributed by atoms with Gasteiger partial charge in [-0.2, -0.15) is 5.26 Å². The third-order valence-corrected chi connectivity index (χ3v) is 1.85. The summed E-state index contributed by atoms with van der Waals surface area (Å²) in [7, 11) is 1.69. The number of methoxy groups -OCH3 is 1. The number of nitriles is 1. The molecule has 0 unspecified atom stereocenters. The Labute approximate surface area is 77.8 Å². The first-order chi connectivity index (χ1) is 6.38. The van der Waals surface area contributed by atoms with E-state index >= 15 is 0 Å². The normalized spacial score (nSPS) is 9.85. The lowest BCUT2D eigenvalue weighted by atomic mass is 10.4. The Morgan fingerprint density at radius 1 is 1.69 bits per heavy atom. The highest BCUT2D eigenvalue weighted by Gasteiger charge is 2.08. The molecule has 0 saturated carbocycles. The predicted molar refractivity (Wildman–Crippen MR) is 46.8 cm³/mol. The van der Waals surface area contributed by atoms with Crippen LogP contribution in [0.5, 0.6) is 0 Å². The minimum absolute atomic E-state index is 0.431. The van der Waals surface area contributed by atoms with Crippen molar-refractivity contribution in [2.24, 2.45) is 0 Å². The molecular formula is C9H14N3O+. The van der Waals surface area contributed by atoms with Crippen molar-refractivity contribution < 1.29 is 9.30 Å². The third-order valence-electron chi connectivity index (χ3n) is 1.85. The number of nitrogens with one attached hydrogen (secondary N) is 1. The van der Waals surface area contributed by atoms with Crippen LogP contribution >= 0.6 is 0 Å². The van der Waals surface area contributed by atoms with Gasteiger partial charge < -0.3 is 4.74 Å². The van der Waals surface area contributed by atoms with Crippen LogP contribution in [0.4, 0.5) is 0 Å². The van der Waals surface area contributed by atoms with E-state index in [0.29, 0.717) is 6.42 Å². The van der Waals surface area contributed by atoms with Crippen molar-refractivity contribution in [1.82, 2.24) is 4.98 Å². The lowest BCUT2D eigenvalue weighted by molar-refractivity contribution is -0.702. The number of hydrogen-bond acceptors (Lipinski definition) is 2. The summed E-state index contributed by atoms with van der Waals surface area (Å²) in [5.74, 6) is 0.957. The van der Waals surface area contributed by atoms with Crippen molar-refractivity contribution in [2.45, 2.75) is 19.4 Å². The zero-order valence-corrected chi connectivity index (χ0v) is 7.79. The molecule has 4 heteroatoms. The van der Waals surface area contributed by atoms with Gasteiger partial charge in [-0.25, -0.2) is 9.55 Å². The summed E-state index contributed by atoms with van der Waals surface area (Å²) in [6.45, 7) is 1.65. The van der Waals surface area contributed by atoms with E-state index in [0.717, 1.165) is 25.4 Å². The standard InChI is InChI=1S/C9H13N3O/c1-13-8-2-6-12-7-5-11-9(12)3-4-10/h5,7H,2-3,6,8H2,1H3/p+1. The van der Waals surface area contributed by atoms with Gasteiger partial charge in [0.15, 0.2) is 0 Å². The van der Waals surface area contributed by atoms with Crippen LogP contribution in [0.15, 0.2) is 12.4 Å². The molecule has 1 rings (SSSR count). The molecule has 1 aromatic heterocycles. The zero-order chi connectivity index (χ0) is 9.52. The molecule has 0 radical (unpaired) electrons. The van der Waals surface area contributed by atoms with Gasteiger partial charge in [-0.1, -0.05) is 0 Å². The number of rotatable bonds is 5. The highest BCUT2D eigenvalue weighted by molar-refractivity contribution is 4.88. The number of hydrogen-bond donors (Lipinski definition) is 1. The monoisotopic (exact) mass is 180 g/mol. The quantitative estimate of drug-likeness (QED) is 0.527. The number of aryl methyl sites for hydroxylation is 1. The van der Waals surface area contributed by atoms with Crippen LogP contribution in [0.3, 0.4) is 0 Å². The smallest absolute Gasteiger partial charge is 0.268 e. The van der Waals surface area contributed by atoms with E-state index in [9.17, 15) is 0 Å². The predicted octanol–water partition coefficient (Wildman–Crippen LogP) is 0.405. The average Bonchev–Trinajstić information content (AvgIpc) is 2.54. The summed E-state index contributed by atoms with van der Waals surface area (Å²) in [4.78, 5) is 3.03. The van der Waals surface area contributed by atoms with Gasteiger partial charge in [0, 0.05) is 20.1 Å². The van der Waals surface area contributed by atoms with Crippen molar-refractivity contribution in [1.29, 1.82) is 5.26 Å². The average molecular weight is 180 g/mol. The van der Waals surface area contributed by atoms with E-state index < -0.39 is 0 Å². The van der Waals surface area contributed by atoms with Gasteiger partial charge in [0.2, 0.25) is 0 Å². The molecular weight excluding hydrogens is 166 g/mol. The Kier molecular flexibility index (Phi) is 4.00. The largest absolute Gasteiger partial charge is 0.385 e. The summed E-state index contributed by atoms with van der Waals surface area (Å²) < 4.78 is 7.00. The first-order valence-corrected chi connectivity index (χ1v) is 4.30. The maximum Gasteiger partial charge on any atom is 0.268 e. The Bertz CT molecular complexity index is 287. The summed E-state index contributed by atoms with van der Waals surface area (Å²) >= 11 is 0. The molecule has 0 spiro atoms. The molecule has 0 aliphatic heterocycles. The van der Waals surface area contributed by atoms with Crippen molar-refractivity contribution in [3.05, 3.63) is 18.2 Å². The maximum absolute atomic E-state index is 8.53. The van der Waals surface area contributed by atoms with E-state index in [-0.39, 0.29) is 0 Å². The molecule has 1 heterocycles. The van der Waals surface area contributed by atoms with Crippen LogP contribution in [0.2, 0.25) is 0 Å². The Morgan fingerprint density at radius 2 is 2.54 bits per heavy atom. The van der Waals surface area contributed by atoms with Crippen molar-refractivity contribution in [2.75, 3.05) is 13.7 Å². The summed E-state index contributed by atoms with van der Waals surface area (Å²) in [6, 6.07) is 2.12. The van der Waals surface area contributed by atoms with Gasteiger partial charge in [-0.05, 0) is 0 Å². The molecule has 0 aromatic carbocycles. The van der Waals surface area contributed by atoms with Crippen LogP contribution < -0.4 is 4.57 Å². The number of aromatic nitrogens is 2. The fraction of sp³-hybridized carbons (Fsp3) is 0.556. The van der Waals surface area contributed by atoms with Gasteiger partial charge in [0.25, 0.3) is 5.82 Å². The lowest BCUT2D eigenvalue weighted by Gasteiger charge is -1.97. The van der Waals surface area contributed by atoms with Crippen LogP contribution in [0.1, 0.15) is 12.2 Å². The first kappa shape index (κ1) is 9.75. The Hall–Kier alpha value is -1.34. The molecule has 0 aliphatic rings. The zero-order valence-electron chi connectivity index (χ0n) is 7.79. The minimum Gasteiger partial charge on any atom is -0.385 e. The number of aromatic amines is 1. The number of imidazole rings is 1. The van der Waals surface area contributed by atoms with E-state index in [1.807, 2.05) is 17.0 Å². The van der Waals surface area contributed by atoms with E-state index in [4.69, 9.17) is 10.00 Å². The van der Waals surface area contributed by atoms with Gasteiger partial charge >= 0.3 is 0 Å². The molecule has 0 fully saturated rings. The van der Waals surface area contributed by atoms with Crippen LogP contribution in [0, 0.1) is 11.3 Å².